The van der Waals surface area contributed by atoms with Crippen LogP contribution in [0, 0.1) is 19.7 Å². The molecule has 20 heavy (non-hydrogen) atoms. The molecule has 1 aromatic heterocycles. The lowest BCUT2D eigenvalue weighted by atomic mass is 10.1. The summed E-state index contributed by atoms with van der Waals surface area (Å²) in [7, 11) is 0. The zero-order chi connectivity index (χ0) is 14.9. The van der Waals surface area contributed by atoms with E-state index < -0.39 is 0 Å². The Morgan fingerprint density at radius 2 is 2.15 bits per heavy atom. The molecule has 1 heterocycles. The van der Waals surface area contributed by atoms with Crippen LogP contribution >= 0.6 is 23.6 Å². The number of benzene rings is 1. The minimum absolute atomic E-state index is 0.0553. The lowest BCUT2D eigenvalue weighted by Crippen LogP contribution is -2.15. The fourth-order valence-corrected chi connectivity index (χ4v) is 3.19. The summed E-state index contributed by atoms with van der Waals surface area (Å²) >= 11 is 6.62. The van der Waals surface area contributed by atoms with Gasteiger partial charge in [-0.1, -0.05) is 12.2 Å². The first-order valence-corrected chi connectivity index (χ1v) is 7.40. The maximum atomic E-state index is 13.3. The van der Waals surface area contributed by atoms with Crippen LogP contribution in [0.15, 0.2) is 18.2 Å². The molecule has 6 heteroatoms. The summed E-state index contributed by atoms with van der Waals surface area (Å²) in [5, 5.41) is 4.35. The molecule has 0 saturated heterocycles. The summed E-state index contributed by atoms with van der Waals surface area (Å²) in [5.74, 6) is -0.351. The minimum Gasteiger partial charge on any atom is -0.389 e. The summed E-state index contributed by atoms with van der Waals surface area (Å²) in [6, 6.07) is 4.45. The zero-order valence-corrected chi connectivity index (χ0v) is 13.2. The lowest BCUT2D eigenvalue weighted by Gasteiger charge is -2.17. The molecule has 0 amide bonds. The lowest BCUT2D eigenvalue weighted by molar-refractivity contribution is 0.627. The van der Waals surface area contributed by atoms with Gasteiger partial charge < -0.3 is 11.1 Å². The van der Waals surface area contributed by atoms with E-state index in [4.69, 9.17) is 18.0 Å². The van der Waals surface area contributed by atoms with Crippen LogP contribution in [-0.4, -0.2) is 9.97 Å². The molecular weight excluding hydrogens is 293 g/mol. The third-order valence-corrected chi connectivity index (χ3v) is 4.43. The molecule has 2 rings (SSSR count). The summed E-state index contributed by atoms with van der Waals surface area (Å²) in [5.41, 5.74) is 7.91. The summed E-state index contributed by atoms with van der Waals surface area (Å²) in [6.45, 7) is 6.00. The van der Waals surface area contributed by atoms with Crippen molar-refractivity contribution < 1.29 is 4.39 Å². The van der Waals surface area contributed by atoms with Gasteiger partial charge in [-0.05, 0) is 39.0 Å². The molecule has 0 radical (unpaired) electrons. The molecule has 0 aliphatic heterocycles. The van der Waals surface area contributed by atoms with Gasteiger partial charge >= 0.3 is 0 Å². The normalized spacial score (nSPS) is 12.2. The molecular formula is C14H16FN3S2. The highest BCUT2D eigenvalue weighted by Crippen LogP contribution is 2.29. The van der Waals surface area contributed by atoms with Gasteiger partial charge in [0, 0.05) is 16.1 Å². The van der Waals surface area contributed by atoms with Gasteiger partial charge in [0.15, 0.2) is 0 Å². The van der Waals surface area contributed by atoms with Gasteiger partial charge in [0.25, 0.3) is 0 Å². The van der Waals surface area contributed by atoms with Gasteiger partial charge in [0.2, 0.25) is 0 Å². The highest BCUT2D eigenvalue weighted by molar-refractivity contribution is 7.80. The number of rotatable bonds is 4. The zero-order valence-electron chi connectivity index (χ0n) is 11.5. The molecule has 0 spiro atoms. The standard InChI is InChI=1S/C14H16FN3S2/c1-7-13(20-9(3)17-7)8(2)18-12-5-4-10(15)6-11(12)14(16)19/h4-6,8,18H,1-3H3,(H2,16,19). The summed E-state index contributed by atoms with van der Waals surface area (Å²) < 4.78 is 13.3. The van der Waals surface area contributed by atoms with E-state index in [1.165, 1.54) is 12.1 Å². The fourth-order valence-electron chi connectivity index (χ4n) is 2.09. The van der Waals surface area contributed by atoms with Crippen LogP contribution in [-0.2, 0) is 0 Å². The van der Waals surface area contributed by atoms with Gasteiger partial charge in [-0.3, -0.25) is 0 Å². The number of thiocarbonyl (C=S) groups is 1. The highest BCUT2D eigenvalue weighted by Gasteiger charge is 2.15. The molecule has 0 aliphatic rings. The van der Waals surface area contributed by atoms with Crippen LogP contribution in [0.25, 0.3) is 0 Å². The Kier molecular flexibility index (Phi) is 4.35. The molecule has 3 N–H and O–H groups in total. The van der Waals surface area contributed by atoms with E-state index in [-0.39, 0.29) is 16.8 Å². The number of anilines is 1. The number of hydrogen-bond acceptors (Lipinski definition) is 4. The molecule has 1 aromatic carbocycles. The van der Waals surface area contributed by atoms with Crippen LogP contribution in [0.1, 0.15) is 34.1 Å². The van der Waals surface area contributed by atoms with E-state index in [2.05, 4.69) is 10.3 Å². The first kappa shape index (κ1) is 14.9. The molecule has 106 valence electrons. The van der Waals surface area contributed by atoms with Crippen molar-refractivity contribution in [1.29, 1.82) is 0 Å². The molecule has 1 unspecified atom stereocenters. The van der Waals surface area contributed by atoms with Crippen LogP contribution in [0.2, 0.25) is 0 Å². The van der Waals surface area contributed by atoms with Crippen molar-refractivity contribution in [2.45, 2.75) is 26.8 Å². The van der Waals surface area contributed by atoms with Crippen molar-refractivity contribution in [3.63, 3.8) is 0 Å². The average Bonchev–Trinajstić information content (AvgIpc) is 2.70. The van der Waals surface area contributed by atoms with Crippen LogP contribution in [0.5, 0.6) is 0 Å². The van der Waals surface area contributed by atoms with E-state index in [1.807, 2.05) is 20.8 Å². The summed E-state index contributed by atoms with van der Waals surface area (Å²) in [4.78, 5) is 5.74. The maximum Gasteiger partial charge on any atom is 0.124 e. The number of nitrogens with two attached hydrogens (primary N) is 1. The van der Waals surface area contributed by atoms with Crippen molar-refractivity contribution in [2.75, 3.05) is 5.32 Å². The smallest absolute Gasteiger partial charge is 0.124 e. The molecule has 2 aromatic rings. The Balaban J connectivity index is 2.30. The minimum atomic E-state index is -0.351. The molecule has 0 saturated carbocycles. The van der Waals surface area contributed by atoms with Crippen LogP contribution < -0.4 is 11.1 Å². The number of nitrogens with one attached hydrogen (secondary N) is 1. The monoisotopic (exact) mass is 309 g/mol. The van der Waals surface area contributed by atoms with Gasteiger partial charge in [0.1, 0.15) is 10.8 Å². The predicted molar refractivity (Wildman–Crippen MR) is 85.9 cm³/mol. The Bertz CT molecular complexity index is 652. The number of aromatic nitrogens is 1. The molecule has 3 nitrogen and oxygen atoms in total. The first-order chi connectivity index (χ1) is 9.38. The fraction of sp³-hybridized carbons (Fsp3) is 0.286. The number of aryl methyl sites for hydroxylation is 2. The number of hydrogen-bond donors (Lipinski definition) is 2. The van der Waals surface area contributed by atoms with E-state index in [1.54, 1.807) is 17.4 Å². The molecule has 0 aliphatic carbocycles. The second-order valence-electron chi connectivity index (χ2n) is 4.60. The largest absolute Gasteiger partial charge is 0.389 e. The second kappa shape index (κ2) is 5.85. The Labute approximate surface area is 127 Å². The molecule has 0 fully saturated rings. The Morgan fingerprint density at radius 3 is 2.70 bits per heavy atom. The van der Waals surface area contributed by atoms with Crippen molar-refractivity contribution >= 4 is 34.2 Å². The Hall–Kier alpha value is -1.53. The SMILES string of the molecule is Cc1nc(C)c(C(C)Nc2ccc(F)cc2C(N)=S)s1. The quantitative estimate of drug-likeness (QED) is 0.845. The number of nitrogens with zero attached hydrogens (tertiary/aromatic N) is 1. The van der Waals surface area contributed by atoms with Gasteiger partial charge in [-0.15, -0.1) is 11.3 Å². The highest BCUT2D eigenvalue weighted by atomic mass is 32.1. The average molecular weight is 309 g/mol. The van der Waals surface area contributed by atoms with E-state index >= 15 is 0 Å². The van der Waals surface area contributed by atoms with Gasteiger partial charge in [-0.2, -0.15) is 0 Å². The van der Waals surface area contributed by atoms with Crippen molar-refractivity contribution in [3.05, 3.63) is 45.2 Å². The second-order valence-corrected chi connectivity index (χ2v) is 6.28. The van der Waals surface area contributed by atoms with Crippen molar-refractivity contribution in [2.24, 2.45) is 5.73 Å². The van der Waals surface area contributed by atoms with Gasteiger partial charge in [0.05, 0.1) is 16.7 Å². The van der Waals surface area contributed by atoms with E-state index in [0.717, 1.165) is 21.3 Å². The van der Waals surface area contributed by atoms with E-state index in [0.29, 0.717) is 5.56 Å². The van der Waals surface area contributed by atoms with Crippen molar-refractivity contribution in [1.82, 2.24) is 4.98 Å². The van der Waals surface area contributed by atoms with E-state index in [9.17, 15) is 4.39 Å². The maximum absolute atomic E-state index is 13.3. The third-order valence-electron chi connectivity index (χ3n) is 2.95. The number of thiazole rings is 1. The summed E-state index contributed by atoms with van der Waals surface area (Å²) in [6.07, 6.45) is 0. The molecule has 1 atom stereocenters. The van der Waals surface area contributed by atoms with Gasteiger partial charge in [-0.25, -0.2) is 9.37 Å². The third kappa shape index (κ3) is 3.13. The number of halogens is 1. The first-order valence-electron chi connectivity index (χ1n) is 6.18. The predicted octanol–water partition coefficient (Wildman–Crippen LogP) is 3.71. The topological polar surface area (TPSA) is 50.9 Å². The van der Waals surface area contributed by atoms with Crippen LogP contribution in [0.3, 0.4) is 0 Å². The van der Waals surface area contributed by atoms with Crippen LogP contribution in [0.4, 0.5) is 10.1 Å². The molecule has 0 bridgehead atoms. The Morgan fingerprint density at radius 1 is 1.45 bits per heavy atom. The van der Waals surface area contributed by atoms with Crippen molar-refractivity contribution in [3.8, 4) is 0 Å².